The third-order valence-corrected chi connectivity index (χ3v) is 5.31. The predicted molar refractivity (Wildman–Crippen MR) is 92.0 cm³/mol. The van der Waals surface area contributed by atoms with Crippen molar-refractivity contribution in [3.8, 4) is 0 Å². The maximum absolute atomic E-state index is 13.4. The summed E-state index contributed by atoms with van der Waals surface area (Å²) in [5, 5.41) is 0. The first-order valence-corrected chi connectivity index (χ1v) is 9.04. The van der Waals surface area contributed by atoms with Gasteiger partial charge < -0.3 is 9.80 Å². The van der Waals surface area contributed by atoms with Gasteiger partial charge in [0.05, 0.1) is 5.56 Å². The fourth-order valence-electron chi connectivity index (χ4n) is 3.95. The molecule has 2 heterocycles. The quantitative estimate of drug-likeness (QED) is 0.784. The van der Waals surface area contributed by atoms with Gasteiger partial charge in [-0.1, -0.05) is 0 Å². The van der Waals surface area contributed by atoms with E-state index in [-0.39, 0.29) is 29.2 Å². The van der Waals surface area contributed by atoms with E-state index in [0.29, 0.717) is 19.4 Å². The number of hydrogen-bond donors (Lipinski definition) is 0. The number of benzene rings is 1. The topological polar surface area (TPSA) is 40.6 Å². The van der Waals surface area contributed by atoms with Crippen molar-refractivity contribution in [2.24, 2.45) is 0 Å². The van der Waals surface area contributed by atoms with Gasteiger partial charge >= 0.3 is 6.18 Å². The number of piperidine rings is 1. The Bertz CT molecular complexity index is 707. The van der Waals surface area contributed by atoms with Crippen LogP contribution in [-0.4, -0.2) is 35.3 Å². The zero-order valence-corrected chi connectivity index (χ0v) is 15.0. The van der Waals surface area contributed by atoms with E-state index >= 15 is 0 Å². The fourth-order valence-corrected chi connectivity index (χ4v) is 3.95. The Kier molecular flexibility index (Phi) is 4.99. The molecule has 7 heteroatoms. The third-order valence-electron chi connectivity index (χ3n) is 5.31. The summed E-state index contributed by atoms with van der Waals surface area (Å²) in [7, 11) is 0. The molecule has 0 bridgehead atoms. The van der Waals surface area contributed by atoms with E-state index in [4.69, 9.17) is 0 Å². The largest absolute Gasteiger partial charge is 0.416 e. The van der Waals surface area contributed by atoms with Gasteiger partial charge in [-0.2, -0.15) is 13.2 Å². The van der Waals surface area contributed by atoms with E-state index in [1.54, 1.807) is 4.90 Å². The molecule has 0 aliphatic carbocycles. The number of carbonyl (C=O) groups is 2. The smallest absolute Gasteiger partial charge is 0.333 e. The molecule has 0 spiro atoms. The van der Waals surface area contributed by atoms with Crippen LogP contribution in [0.5, 0.6) is 0 Å². The zero-order chi connectivity index (χ0) is 19.1. The van der Waals surface area contributed by atoms with Crippen molar-refractivity contribution in [2.45, 2.75) is 64.2 Å². The van der Waals surface area contributed by atoms with Crippen molar-refractivity contribution in [2.75, 3.05) is 11.4 Å². The molecule has 2 fully saturated rings. The first-order chi connectivity index (χ1) is 12.2. The van der Waals surface area contributed by atoms with Gasteiger partial charge in [0.15, 0.2) is 0 Å². The van der Waals surface area contributed by atoms with E-state index in [0.717, 1.165) is 31.4 Å². The highest BCUT2D eigenvalue weighted by Crippen LogP contribution is 2.35. The molecule has 2 aliphatic rings. The summed E-state index contributed by atoms with van der Waals surface area (Å²) >= 11 is 0. The monoisotopic (exact) mass is 368 g/mol. The van der Waals surface area contributed by atoms with E-state index in [2.05, 4.69) is 0 Å². The summed E-state index contributed by atoms with van der Waals surface area (Å²) in [5.74, 6) is -0.605. The number of likely N-dealkylation sites (tertiary alicyclic amines) is 1. The van der Waals surface area contributed by atoms with Crippen molar-refractivity contribution in [1.82, 2.24) is 4.90 Å². The molecule has 2 amide bonds. The molecule has 0 aromatic heterocycles. The second kappa shape index (κ2) is 6.93. The Morgan fingerprint density at radius 2 is 1.73 bits per heavy atom. The second-order valence-electron chi connectivity index (χ2n) is 7.26. The number of anilines is 1. The number of hydrogen-bond acceptors (Lipinski definition) is 2. The lowest BCUT2D eigenvalue weighted by Gasteiger charge is -2.39. The van der Waals surface area contributed by atoms with Gasteiger partial charge in [-0.05, 0) is 57.7 Å². The number of rotatable bonds is 2. The molecule has 0 unspecified atom stereocenters. The van der Waals surface area contributed by atoms with Crippen LogP contribution in [0.3, 0.4) is 0 Å². The van der Waals surface area contributed by atoms with Gasteiger partial charge in [-0.15, -0.1) is 0 Å². The van der Waals surface area contributed by atoms with Crippen LogP contribution in [0.4, 0.5) is 18.9 Å². The Labute approximate surface area is 151 Å². The third kappa shape index (κ3) is 3.57. The van der Waals surface area contributed by atoms with Crippen LogP contribution in [0.1, 0.15) is 61.9 Å². The van der Waals surface area contributed by atoms with Crippen molar-refractivity contribution in [3.63, 3.8) is 0 Å². The standard InChI is InChI=1S/C19H23F3N2O2/c1-12-5-3-6-13(2)24(12)18(26)14-9-15(19(20,21)22)11-16(10-14)23-8-4-7-17(23)25/h9-13H,3-8H2,1-2H3/t12-,13+. The molecule has 4 nitrogen and oxygen atoms in total. The lowest BCUT2D eigenvalue weighted by atomic mass is 9.96. The number of halogens is 3. The molecule has 1 aromatic carbocycles. The van der Waals surface area contributed by atoms with Gasteiger partial charge in [0.2, 0.25) is 5.91 Å². The van der Waals surface area contributed by atoms with Crippen molar-refractivity contribution in [3.05, 3.63) is 29.3 Å². The molecule has 2 aliphatic heterocycles. The van der Waals surface area contributed by atoms with Crippen LogP contribution in [0, 0.1) is 0 Å². The highest BCUT2D eigenvalue weighted by atomic mass is 19.4. The minimum atomic E-state index is -4.58. The number of amides is 2. The molecular formula is C19H23F3N2O2. The van der Waals surface area contributed by atoms with Gasteiger partial charge in [0.25, 0.3) is 5.91 Å². The summed E-state index contributed by atoms with van der Waals surface area (Å²) in [6, 6.07) is 3.26. The van der Waals surface area contributed by atoms with Crippen LogP contribution < -0.4 is 4.90 Å². The van der Waals surface area contributed by atoms with Crippen molar-refractivity contribution in [1.29, 1.82) is 0 Å². The van der Waals surface area contributed by atoms with E-state index in [9.17, 15) is 22.8 Å². The fraction of sp³-hybridized carbons (Fsp3) is 0.579. The predicted octanol–water partition coefficient (Wildman–Crippen LogP) is 4.24. The SMILES string of the molecule is C[C@@H]1CCC[C@H](C)N1C(=O)c1cc(N2CCCC2=O)cc(C(F)(F)F)c1. The van der Waals surface area contributed by atoms with Crippen LogP contribution in [0.25, 0.3) is 0 Å². The van der Waals surface area contributed by atoms with Crippen LogP contribution in [0.15, 0.2) is 18.2 Å². The maximum Gasteiger partial charge on any atom is 0.416 e. The van der Waals surface area contributed by atoms with Gasteiger partial charge in [0, 0.05) is 36.3 Å². The normalized spacial score (nSPS) is 24.3. The summed E-state index contributed by atoms with van der Waals surface area (Å²) < 4.78 is 40.1. The zero-order valence-electron chi connectivity index (χ0n) is 15.0. The van der Waals surface area contributed by atoms with E-state index in [1.165, 1.54) is 11.0 Å². The maximum atomic E-state index is 13.4. The summed E-state index contributed by atoms with van der Waals surface area (Å²) in [6.45, 7) is 4.22. The molecule has 26 heavy (non-hydrogen) atoms. The molecule has 142 valence electrons. The molecule has 0 saturated carbocycles. The Morgan fingerprint density at radius 3 is 2.27 bits per heavy atom. The Hall–Kier alpha value is -2.05. The molecule has 2 saturated heterocycles. The molecule has 2 atom stereocenters. The average Bonchev–Trinajstić information content (AvgIpc) is 2.99. The lowest BCUT2D eigenvalue weighted by Crippen LogP contribution is -2.47. The van der Waals surface area contributed by atoms with Crippen LogP contribution in [-0.2, 0) is 11.0 Å². The van der Waals surface area contributed by atoms with Gasteiger partial charge in [-0.3, -0.25) is 9.59 Å². The van der Waals surface area contributed by atoms with E-state index < -0.39 is 17.6 Å². The highest BCUT2D eigenvalue weighted by Gasteiger charge is 2.35. The van der Waals surface area contributed by atoms with E-state index in [1.807, 2.05) is 13.8 Å². The molecule has 0 radical (unpaired) electrons. The van der Waals surface area contributed by atoms with Gasteiger partial charge in [0.1, 0.15) is 0 Å². The number of nitrogens with zero attached hydrogens (tertiary/aromatic N) is 2. The Morgan fingerprint density at radius 1 is 1.08 bits per heavy atom. The lowest BCUT2D eigenvalue weighted by molar-refractivity contribution is -0.137. The van der Waals surface area contributed by atoms with Crippen molar-refractivity contribution >= 4 is 17.5 Å². The first kappa shape index (κ1) is 18.7. The Balaban J connectivity index is 2.02. The minimum Gasteiger partial charge on any atom is -0.333 e. The summed E-state index contributed by atoms with van der Waals surface area (Å²) in [6.07, 6.45) is -0.966. The number of alkyl halides is 3. The van der Waals surface area contributed by atoms with Gasteiger partial charge in [-0.25, -0.2) is 0 Å². The van der Waals surface area contributed by atoms with Crippen LogP contribution in [0.2, 0.25) is 0 Å². The van der Waals surface area contributed by atoms with Crippen molar-refractivity contribution < 1.29 is 22.8 Å². The summed E-state index contributed by atoms with van der Waals surface area (Å²) in [4.78, 5) is 28.0. The van der Waals surface area contributed by atoms with Crippen LogP contribution >= 0.6 is 0 Å². The molecule has 3 rings (SSSR count). The molecule has 0 N–H and O–H groups in total. The minimum absolute atomic E-state index is 0.00451. The summed E-state index contributed by atoms with van der Waals surface area (Å²) in [5.41, 5.74) is -0.742. The molecule has 1 aromatic rings. The number of carbonyl (C=O) groups excluding carboxylic acids is 2. The first-order valence-electron chi connectivity index (χ1n) is 9.04. The molecular weight excluding hydrogens is 345 g/mol. The second-order valence-corrected chi connectivity index (χ2v) is 7.26. The average molecular weight is 368 g/mol. The highest BCUT2D eigenvalue weighted by molar-refractivity contribution is 5.99.